The maximum absolute atomic E-state index is 10.2. The largest absolute Gasteiger partial charge is 0.480 e. The second-order valence-corrected chi connectivity index (χ2v) is 6.36. The molecule has 6 nitrogen and oxygen atoms in total. The molecule has 2 atom stereocenters. The highest BCUT2D eigenvalue weighted by atomic mass is 16.4. The molecule has 0 aromatic heterocycles. The van der Waals surface area contributed by atoms with Crippen LogP contribution in [0.25, 0.3) is 0 Å². The molecule has 1 unspecified atom stereocenters. The Kier molecular flexibility index (Phi) is 7.15. The summed E-state index contributed by atoms with van der Waals surface area (Å²) in [6, 6.07) is -1.53. The van der Waals surface area contributed by atoms with Crippen LogP contribution in [0.4, 0.5) is 0 Å². The van der Waals surface area contributed by atoms with E-state index < -0.39 is 24.0 Å². The van der Waals surface area contributed by atoms with Crippen LogP contribution in [0.3, 0.4) is 0 Å². The molecule has 0 heterocycles. The number of aliphatic carboxylic acids is 2. The van der Waals surface area contributed by atoms with Gasteiger partial charge in [-0.15, -0.1) is 0 Å². The molecule has 0 aliphatic heterocycles. The first-order chi connectivity index (χ1) is 7.71. The van der Waals surface area contributed by atoms with Crippen molar-refractivity contribution in [1.82, 2.24) is 0 Å². The number of hydrogen-bond acceptors (Lipinski definition) is 4. The van der Waals surface area contributed by atoms with Crippen molar-refractivity contribution in [3.8, 4) is 0 Å². The predicted molar refractivity (Wildman–Crippen MR) is 70.1 cm³/mol. The molecule has 0 radical (unpaired) electrons. The third-order valence-electron chi connectivity index (χ3n) is 2.40. The van der Waals surface area contributed by atoms with Crippen LogP contribution >= 0.6 is 0 Å². The summed E-state index contributed by atoms with van der Waals surface area (Å²) in [5.74, 6) is -1.88. The van der Waals surface area contributed by atoms with Gasteiger partial charge in [-0.25, -0.2) is 0 Å². The monoisotopic (exact) mass is 262 g/mol. The van der Waals surface area contributed by atoms with Crippen molar-refractivity contribution in [1.29, 1.82) is 0 Å². The van der Waals surface area contributed by atoms with Gasteiger partial charge in [0.15, 0.2) is 0 Å². The van der Waals surface area contributed by atoms with E-state index in [9.17, 15) is 9.59 Å². The van der Waals surface area contributed by atoms with E-state index in [1.807, 2.05) is 0 Å². The van der Waals surface area contributed by atoms with Crippen LogP contribution in [0.1, 0.15) is 41.5 Å². The van der Waals surface area contributed by atoms with Crippen molar-refractivity contribution >= 4 is 11.9 Å². The molecule has 0 spiro atoms. The molecular formula is C12H26N2O4. The van der Waals surface area contributed by atoms with E-state index in [2.05, 4.69) is 0 Å². The minimum atomic E-state index is -0.942. The summed E-state index contributed by atoms with van der Waals surface area (Å²) >= 11 is 0. The van der Waals surface area contributed by atoms with Crippen molar-refractivity contribution < 1.29 is 19.8 Å². The van der Waals surface area contributed by atoms with Gasteiger partial charge >= 0.3 is 11.9 Å². The average Bonchev–Trinajstić information content (AvgIpc) is 2.13. The zero-order valence-corrected chi connectivity index (χ0v) is 12.0. The quantitative estimate of drug-likeness (QED) is 0.585. The first-order valence-electron chi connectivity index (χ1n) is 5.68. The van der Waals surface area contributed by atoms with E-state index in [0.717, 1.165) is 0 Å². The Hall–Kier alpha value is -1.14. The van der Waals surface area contributed by atoms with Crippen LogP contribution in [-0.2, 0) is 9.59 Å². The average molecular weight is 262 g/mol. The maximum Gasteiger partial charge on any atom is 0.321 e. The smallest absolute Gasteiger partial charge is 0.321 e. The molecule has 0 aromatic rings. The Morgan fingerprint density at radius 2 is 0.944 bits per heavy atom. The van der Waals surface area contributed by atoms with Gasteiger partial charge in [-0.1, -0.05) is 41.5 Å². The lowest BCUT2D eigenvalue weighted by molar-refractivity contribution is -0.142. The molecule has 0 fully saturated rings. The summed E-state index contributed by atoms with van der Waals surface area (Å²) in [6.07, 6.45) is 0. The van der Waals surface area contributed by atoms with Crippen LogP contribution in [0, 0.1) is 10.8 Å². The van der Waals surface area contributed by atoms with E-state index in [-0.39, 0.29) is 10.8 Å². The van der Waals surface area contributed by atoms with Gasteiger partial charge in [0.1, 0.15) is 12.1 Å². The number of carbonyl (C=O) groups is 2. The lowest BCUT2D eigenvalue weighted by Crippen LogP contribution is -2.41. The fraction of sp³-hybridized carbons (Fsp3) is 0.833. The van der Waals surface area contributed by atoms with Gasteiger partial charge in [-0.2, -0.15) is 0 Å². The highest BCUT2D eigenvalue weighted by molar-refractivity contribution is 5.74. The second kappa shape index (κ2) is 6.70. The first kappa shape index (κ1) is 19.2. The van der Waals surface area contributed by atoms with Crippen molar-refractivity contribution in [3.63, 3.8) is 0 Å². The van der Waals surface area contributed by atoms with Gasteiger partial charge in [-0.05, 0) is 10.8 Å². The first-order valence-corrected chi connectivity index (χ1v) is 5.68. The van der Waals surface area contributed by atoms with E-state index in [4.69, 9.17) is 21.7 Å². The Balaban J connectivity index is 0. The molecule has 0 amide bonds. The predicted octanol–water partition coefficient (Wildman–Crippen LogP) is 0.889. The highest BCUT2D eigenvalue weighted by Crippen LogP contribution is 2.17. The van der Waals surface area contributed by atoms with E-state index in [1.165, 1.54) is 0 Å². The summed E-state index contributed by atoms with van der Waals surface area (Å²) in [6.45, 7) is 10.8. The molecule has 6 N–H and O–H groups in total. The van der Waals surface area contributed by atoms with Gasteiger partial charge < -0.3 is 21.7 Å². The van der Waals surface area contributed by atoms with Gasteiger partial charge in [0, 0.05) is 0 Å². The number of carboxylic acid groups (broad SMARTS) is 2. The van der Waals surface area contributed by atoms with Crippen LogP contribution < -0.4 is 11.5 Å². The number of carboxylic acids is 2. The summed E-state index contributed by atoms with van der Waals surface area (Å²) in [4.78, 5) is 20.4. The van der Waals surface area contributed by atoms with Crippen LogP contribution in [-0.4, -0.2) is 34.2 Å². The van der Waals surface area contributed by atoms with Gasteiger partial charge in [-0.3, -0.25) is 9.59 Å². The summed E-state index contributed by atoms with van der Waals surface area (Å²) < 4.78 is 0. The zero-order valence-electron chi connectivity index (χ0n) is 12.0. The molecule has 0 saturated heterocycles. The molecule has 0 rings (SSSR count). The molecular weight excluding hydrogens is 236 g/mol. The number of nitrogens with two attached hydrogens (primary N) is 2. The summed E-state index contributed by atoms with van der Waals surface area (Å²) in [5, 5.41) is 16.8. The molecule has 0 aliphatic carbocycles. The molecule has 0 aliphatic rings. The van der Waals surface area contributed by atoms with E-state index in [0.29, 0.717) is 0 Å². The number of hydrogen-bond donors (Lipinski definition) is 4. The number of rotatable bonds is 2. The maximum atomic E-state index is 10.2. The van der Waals surface area contributed by atoms with Gasteiger partial charge in [0.05, 0.1) is 0 Å². The van der Waals surface area contributed by atoms with Gasteiger partial charge in [0.2, 0.25) is 0 Å². The third-order valence-corrected chi connectivity index (χ3v) is 2.40. The van der Waals surface area contributed by atoms with Crippen molar-refractivity contribution in [3.05, 3.63) is 0 Å². The SMILES string of the molecule is CC(C)(C)C(N)C(=O)O.CC(C)(C)[C@H](N)C(=O)O. The molecule has 0 saturated carbocycles. The van der Waals surface area contributed by atoms with E-state index in [1.54, 1.807) is 41.5 Å². The molecule has 108 valence electrons. The molecule has 0 bridgehead atoms. The van der Waals surface area contributed by atoms with E-state index >= 15 is 0 Å². The summed E-state index contributed by atoms with van der Waals surface area (Å²) in [7, 11) is 0. The van der Waals surface area contributed by atoms with Gasteiger partial charge in [0.25, 0.3) is 0 Å². The zero-order chi connectivity index (χ0) is 15.3. The fourth-order valence-electron chi connectivity index (χ4n) is 0.741. The topological polar surface area (TPSA) is 127 Å². The molecule has 18 heavy (non-hydrogen) atoms. The molecule has 6 heteroatoms. The Morgan fingerprint density at radius 3 is 0.944 bits per heavy atom. The minimum Gasteiger partial charge on any atom is -0.480 e. The summed E-state index contributed by atoms with van der Waals surface area (Å²) in [5.41, 5.74) is 9.91. The Morgan fingerprint density at radius 1 is 0.778 bits per heavy atom. The fourth-order valence-corrected chi connectivity index (χ4v) is 0.741. The third kappa shape index (κ3) is 8.03. The van der Waals surface area contributed by atoms with Crippen molar-refractivity contribution in [2.75, 3.05) is 0 Å². The highest BCUT2D eigenvalue weighted by Gasteiger charge is 2.27. The Labute approximate surface area is 108 Å². The van der Waals surface area contributed by atoms with Crippen LogP contribution in [0.5, 0.6) is 0 Å². The lowest BCUT2D eigenvalue weighted by Gasteiger charge is -2.22. The molecule has 0 aromatic carbocycles. The van der Waals surface area contributed by atoms with Crippen LogP contribution in [0.2, 0.25) is 0 Å². The standard InChI is InChI=1S/2C6H13NO2/c2*1-6(2,3)4(7)5(8)9/h2*4H,7H2,1-3H3,(H,8,9)/t4-;/m1./s1. The van der Waals surface area contributed by atoms with Crippen molar-refractivity contribution in [2.45, 2.75) is 53.6 Å². The van der Waals surface area contributed by atoms with Crippen molar-refractivity contribution in [2.24, 2.45) is 22.3 Å². The minimum absolute atomic E-state index is 0.341. The lowest BCUT2D eigenvalue weighted by atomic mass is 9.88. The Bertz CT molecular complexity index is 259. The second-order valence-electron chi connectivity index (χ2n) is 6.36. The normalized spacial score (nSPS) is 15.1. The van der Waals surface area contributed by atoms with Crippen LogP contribution in [0.15, 0.2) is 0 Å².